The third-order valence-corrected chi connectivity index (χ3v) is 5.78. The molecule has 2 nitrogen and oxygen atoms in total. The molecule has 1 aliphatic rings. The fraction of sp³-hybridized carbons (Fsp3) is 0.913. The van der Waals surface area contributed by atoms with Gasteiger partial charge in [-0.05, 0) is 19.8 Å². The quantitative estimate of drug-likeness (QED) is 0.254. The lowest BCUT2D eigenvalue weighted by Gasteiger charge is -2.29. The first kappa shape index (κ1) is 22.4. The van der Waals surface area contributed by atoms with Gasteiger partial charge in [-0.25, -0.2) is 0 Å². The van der Waals surface area contributed by atoms with E-state index in [-0.39, 0.29) is 0 Å². The Morgan fingerprint density at radius 1 is 0.600 bits per heavy atom. The topological polar surface area (TPSA) is 6.48 Å². The molecule has 1 aliphatic heterocycles. The second-order valence-electron chi connectivity index (χ2n) is 8.01. The zero-order valence-corrected chi connectivity index (χ0v) is 17.6. The Kier molecular flexibility index (Phi) is 14.0. The highest BCUT2D eigenvalue weighted by Gasteiger charge is 2.21. The Labute approximate surface area is 159 Å². The highest BCUT2D eigenvalue weighted by molar-refractivity contribution is 4.94. The Morgan fingerprint density at radius 2 is 1.04 bits per heavy atom. The van der Waals surface area contributed by atoms with Gasteiger partial charge in [-0.15, -0.1) is 0 Å². The molecule has 0 aromatic rings. The van der Waals surface area contributed by atoms with E-state index in [0.717, 1.165) is 6.54 Å². The number of rotatable bonds is 17. The molecule has 0 aliphatic carbocycles. The monoisotopic (exact) mass is 350 g/mol. The van der Waals surface area contributed by atoms with Gasteiger partial charge < -0.3 is 9.80 Å². The molecular formula is C23H46N2. The lowest BCUT2D eigenvalue weighted by atomic mass is 10.0. The summed E-state index contributed by atoms with van der Waals surface area (Å²) in [6, 6.07) is 0. The minimum atomic E-state index is 0.618. The van der Waals surface area contributed by atoms with Crippen LogP contribution >= 0.6 is 0 Å². The highest BCUT2D eigenvalue weighted by Crippen LogP contribution is 2.20. The van der Waals surface area contributed by atoms with Gasteiger partial charge in [-0.2, -0.15) is 0 Å². The molecule has 1 unspecified atom stereocenters. The molecule has 0 saturated carbocycles. The number of unbranched alkanes of at least 4 members (excludes halogenated alkanes) is 14. The lowest BCUT2D eigenvalue weighted by Crippen LogP contribution is -2.36. The van der Waals surface area contributed by atoms with E-state index in [1.54, 1.807) is 0 Å². The molecule has 0 saturated heterocycles. The van der Waals surface area contributed by atoms with Gasteiger partial charge in [0.15, 0.2) is 0 Å². The van der Waals surface area contributed by atoms with Crippen molar-refractivity contribution < 1.29 is 0 Å². The lowest BCUT2D eigenvalue weighted by molar-refractivity contribution is 0.167. The summed E-state index contributed by atoms with van der Waals surface area (Å²) in [5, 5.41) is 0. The minimum absolute atomic E-state index is 0.618. The third kappa shape index (κ3) is 10.8. The van der Waals surface area contributed by atoms with Crippen molar-refractivity contribution in [2.75, 3.05) is 13.6 Å². The van der Waals surface area contributed by atoms with Crippen LogP contribution < -0.4 is 0 Å². The standard InChI is InChI=1S/C23H46N2/c1-4-6-7-8-9-10-11-12-13-14-15-16-17-18-19-20-23-24(3)21-22-25(23)5-2/h21-23H,4-20H2,1-3H3. The van der Waals surface area contributed by atoms with Crippen LogP contribution in [0, 0.1) is 0 Å². The van der Waals surface area contributed by atoms with Crippen molar-refractivity contribution in [2.24, 2.45) is 0 Å². The van der Waals surface area contributed by atoms with Gasteiger partial charge in [0.1, 0.15) is 6.17 Å². The molecule has 0 bridgehead atoms. The van der Waals surface area contributed by atoms with E-state index < -0.39 is 0 Å². The van der Waals surface area contributed by atoms with Gasteiger partial charge in [0.05, 0.1) is 0 Å². The Balaban J connectivity index is 1.78. The molecule has 148 valence electrons. The van der Waals surface area contributed by atoms with Crippen LogP contribution in [0.2, 0.25) is 0 Å². The molecule has 0 radical (unpaired) electrons. The van der Waals surface area contributed by atoms with Crippen molar-refractivity contribution in [1.82, 2.24) is 9.80 Å². The summed E-state index contributed by atoms with van der Waals surface area (Å²) < 4.78 is 0. The van der Waals surface area contributed by atoms with Gasteiger partial charge in [0.2, 0.25) is 0 Å². The maximum atomic E-state index is 2.46. The molecule has 0 aromatic carbocycles. The number of nitrogens with zero attached hydrogens (tertiary/aromatic N) is 2. The van der Waals surface area contributed by atoms with Crippen molar-refractivity contribution in [2.45, 2.75) is 123 Å². The van der Waals surface area contributed by atoms with Crippen molar-refractivity contribution in [3.05, 3.63) is 12.4 Å². The summed E-state index contributed by atoms with van der Waals surface area (Å²) in [6.45, 7) is 5.68. The molecule has 0 fully saturated rings. The highest BCUT2D eigenvalue weighted by atomic mass is 15.4. The van der Waals surface area contributed by atoms with E-state index in [1.165, 1.54) is 103 Å². The van der Waals surface area contributed by atoms with Crippen LogP contribution in [-0.2, 0) is 0 Å². The predicted molar refractivity (Wildman–Crippen MR) is 113 cm³/mol. The fourth-order valence-electron chi connectivity index (χ4n) is 4.01. The molecule has 1 rings (SSSR count). The number of hydrogen-bond donors (Lipinski definition) is 0. The smallest absolute Gasteiger partial charge is 0.100 e. The molecule has 25 heavy (non-hydrogen) atoms. The van der Waals surface area contributed by atoms with Crippen molar-refractivity contribution in [1.29, 1.82) is 0 Å². The summed E-state index contributed by atoms with van der Waals surface area (Å²) in [7, 11) is 2.21. The maximum Gasteiger partial charge on any atom is 0.100 e. The SMILES string of the molecule is CCCCCCCCCCCCCCCCCC1N(C)C=CN1CC. The van der Waals surface area contributed by atoms with E-state index in [1.807, 2.05) is 0 Å². The summed E-state index contributed by atoms with van der Waals surface area (Å²) in [5.41, 5.74) is 0. The van der Waals surface area contributed by atoms with Crippen LogP contribution in [0.3, 0.4) is 0 Å². The molecule has 1 atom stereocenters. The van der Waals surface area contributed by atoms with Gasteiger partial charge in [-0.1, -0.05) is 96.8 Å². The Bertz CT molecular complexity index is 313. The Hall–Kier alpha value is -0.660. The molecule has 0 N–H and O–H groups in total. The van der Waals surface area contributed by atoms with E-state index in [2.05, 4.69) is 43.1 Å². The van der Waals surface area contributed by atoms with Crippen LogP contribution in [0.25, 0.3) is 0 Å². The summed E-state index contributed by atoms with van der Waals surface area (Å²) in [4.78, 5) is 4.83. The van der Waals surface area contributed by atoms with Crippen LogP contribution in [0.5, 0.6) is 0 Å². The second-order valence-corrected chi connectivity index (χ2v) is 8.01. The zero-order chi connectivity index (χ0) is 18.2. The van der Waals surface area contributed by atoms with E-state index in [0.29, 0.717) is 6.17 Å². The minimum Gasteiger partial charge on any atom is -0.359 e. The third-order valence-electron chi connectivity index (χ3n) is 5.78. The van der Waals surface area contributed by atoms with Crippen molar-refractivity contribution >= 4 is 0 Å². The molecule has 1 heterocycles. The second kappa shape index (κ2) is 15.6. The normalized spacial score (nSPS) is 17.0. The van der Waals surface area contributed by atoms with Gasteiger partial charge in [-0.3, -0.25) is 0 Å². The van der Waals surface area contributed by atoms with Crippen LogP contribution in [-0.4, -0.2) is 29.6 Å². The van der Waals surface area contributed by atoms with E-state index in [9.17, 15) is 0 Å². The molecule has 0 aromatic heterocycles. The first-order valence-corrected chi connectivity index (χ1v) is 11.5. The molecule has 0 spiro atoms. The first-order chi connectivity index (χ1) is 12.3. The average molecular weight is 351 g/mol. The van der Waals surface area contributed by atoms with E-state index in [4.69, 9.17) is 0 Å². The Morgan fingerprint density at radius 3 is 1.48 bits per heavy atom. The predicted octanol–water partition coefficient (Wildman–Crippen LogP) is 7.31. The van der Waals surface area contributed by atoms with Gasteiger partial charge in [0, 0.05) is 26.0 Å². The molecule has 2 heteroatoms. The van der Waals surface area contributed by atoms with Gasteiger partial charge in [0.25, 0.3) is 0 Å². The number of hydrogen-bond acceptors (Lipinski definition) is 2. The van der Waals surface area contributed by atoms with E-state index >= 15 is 0 Å². The first-order valence-electron chi connectivity index (χ1n) is 11.5. The van der Waals surface area contributed by atoms with Crippen LogP contribution in [0.4, 0.5) is 0 Å². The largest absolute Gasteiger partial charge is 0.359 e. The summed E-state index contributed by atoms with van der Waals surface area (Å²) >= 11 is 0. The van der Waals surface area contributed by atoms with Crippen molar-refractivity contribution in [3.63, 3.8) is 0 Å². The van der Waals surface area contributed by atoms with Crippen LogP contribution in [0.1, 0.15) is 117 Å². The molecule has 0 amide bonds. The molecular weight excluding hydrogens is 304 g/mol. The summed E-state index contributed by atoms with van der Waals surface area (Å²) in [5.74, 6) is 0. The van der Waals surface area contributed by atoms with Crippen molar-refractivity contribution in [3.8, 4) is 0 Å². The summed E-state index contributed by atoms with van der Waals surface area (Å²) in [6.07, 6.45) is 28.1. The fourth-order valence-corrected chi connectivity index (χ4v) is 4.01. The van der Waals surface area contributed by atoms with Crippen LogP contribution in [0.15, 0.2) is 12.4 Å². The average Bonchev–Trinajstić information content (AvgIpc) is 2.98. The van der Waals surface area contributed by atoms with Gasteiger partial charge >= 0.3 is 0 Å². The zero-order valence-electron chi connectivity index (χ0n) is 17.6. The maximum absolute atomic E-state index is 2.46.